The van der Waals surface area contributed by atoms with Crippen molar-refractivity contribution in [1.82, 2.24) is 5.32 Å². The summed E-state index contributed by atoms with van der Waals surface area (Å²) >= 11 is 8.58. The summed E-state index contributed by atoms with van der Waals surface area (Å²) in [6, 6.07) is 15.1. The fourth-order valence-corrected chi connectivity index (χ4v) is 2.67. The molecular formula is C17H17BrN2OS. The number of carbonyl (C=O) groups is 1. The minimum absolute atomic E-state index is 0.235. The second-order valence-corrected chi connectivity index (χ2v) is 6.48. The number of halogens is 1. The average molecular weight is 377 g/mol. The monoisotopic (exact) mass is 376 g/mol. The fourth-order valence-electron chi connectivity index (χ4n) is 2.07. The van der Waals surface area contributed by atoms with Crippen LogP contribution >= 0.6 is 28.1 Å². The van der Waals surface area contributed by atoms with Gasteiger partial charge in [-0.25, -0.2) is 0 Å². The third-order valence-corrected chi connectivity index (χ3v) is 3.84. The van der Waals surface area contributed by atoms with Gasteiger partial charge in [0.25, 0.3) is 5.91 Å². The largest absolute Gasteiger partial charge is 0.332 e. The zero-order valence-corrected chi connectivity index (χ0v) is 14.8. The average Bonchev–Trinajstić information content (AvgIpc) is 2.47. The van der Waals surface area contributed by atoms with Crippen LogP contribution in [0.25, 0.3) is 0 Å². The molecule has 0 saturated carbocycles. The first-order valence-corrected chi connectivity index (χ1v) is 8.14. The zero-order valence-electron chi connectivity index (χ0n) is 12.4. The number of hydrogen-bond acceptors (Lipinski definition) is 2. The predicted molar refractivity (Wildman–Crippen MR) is 98.4 cm³/mol. The molecule has 0 unspecified atom stereocenters. The van der Waals surface area contributed by atoms with E-state index in [9.17, 15) is 4.79 Å². The van der Waals surface area contributed by atoms with Gasteiger partial charge in [-0.2, -0.15) is 0 Å². The van der Waals surface area contributed by atoms with E-state index >= 15 is 0 Å². The Morgan fingerprint density at radius 2 is 1.86 bits per heavy atom. The first kappa shape index (κ1) is 16.6. The Labute approximate surface area is 144 Å². The van der Waals surface area contributed by atoms with E-state index < -0.39 is 0 Å². The van der Waals surface area contributed by atoms with Gasteiger partial charge >= 0.3 is 0 Å². The molecular weight excluding hydrogens is 360 g/mol. The van der Waals surface area contributed by atoms with Gasteiger partial charge in [0.1, 0.15) is 0 Å². The van der Waals surface area contributed by atoms with E-state index in [1.54, 1.807) is 12.1 Å². The molecule has 0 fully saturated rings. The highest BCUT2D eigenvalue weighted by molar-refractivity contribution is 9.10. The maximum Gasteiger partial charge on any atom is 0.257 e. The topological polar surface area (TPSA) is 41.1 Å². The van der Waals surface area contributed by atoms with Crippen LogP contribution in [0.2, 0.25) is 0 Å². The molecule has 0 aliphatic rings. The molecule has 5 heteroatoms. The van der Waals surface area contributed by atoms with Crippen LogP contribution in [-0.4, -0.2) is 11.0 Å². The number of carbonyl (C=O) groups excluding carboxylic acids is 1. The van der Waals surface area contributed by atoms with E-state index in [2.05, 4.69) is 40.4 Å². The number of anilines is 1. The lowest BCUT2D eigenvalue weighted by Crippen LogP contribution is -2.34. The van der Waals surface area contributed by atoms with Crippen molar-refractivity contribution in [1.29, 1.82) is 0 Å². The van der Waals surface area contributed by atoms with Crippen molar-refractivity contribution in [3.63, 3.8) is 0 Å². The first-order chi connectivity index (χ1) is 10.5. The van der Waals surface area contributed by atoms with E-state index in [0.717, 1.165) is 15.7 Å². The minimum atomic E-state index is -0.235. The summed E-state index contributed by atoms with van der Waals surface area (Å²) in [7, 11) is 0. The SMILES string of the molecule is CC(C)c1ccccc1NC(=S)NC(=O)c1cccc(Br)c1. The van der Waals surface area contributed by atoms with Crippen LogP contribution in [-0.2, 0) is 0 Å². The highest BCUT2D eigenvalue weighted by atomic mass is 79.9. The van der Waals surface area contributed by atoms with Gasteiger partial charge in [-0.3, -0.25) is 10.1 Å². The third kappa shape index (κ3) is 4.39. The van der Waals surface area contributed by atoms with E-state index in [4.69, 9.17) is 12.2 Å². The highest BCUT2D eigenvalue weighted by Crippen LogP contribution is 2.23. The Morgan fingerprint density at radius 3 is 2.55 bits per heavy atom. The summed E-state index contributed by atoms with van der Waals surface area (Å²) in [5.74, 6) is 0.133. The number of amides is 1. The van der Waals surface area contributed by atoms with Gasteiger partial charge in [0, 0.05) is 15.7 Å². The third-order valence-electron chi connectivity index (χ3n) is 3.14. The molecule has 1 amide bonds. The van der Waals surface area contributed by atoms with E-state index in [1.165, 1.54) is 0 Å². The van der Waals surface area contributed by atoms with Crippen molar-refractivity contribution in [3.05, 3.63) is 64.1 Å². The Bertz CT molecular complexity index is 701. The molecule has 0 radical (unpaired) electrons. The second-order valence-electron chi connectivity index (χ2n) is 5.16. The summed E-state index contributed by atoms with van der Waals surface area (Å²) in [5, 5.41) is 6.08. The second kappa shape index (κ2) is 7.51. The van der Waals surface area contributed by atoms with Crippen molar-refractivity contribution >= 4 is 44.9 Å². The maximum absolute atomic E-state index is 12.2. The Balaban J connectivity index is 2.06. The van der Waals surface area contributed by atoms with Gasteiger partial charge in [-0.05, 0) is 48.0 Å². The number of para-hydroxylation sites is 1. The zero-order chi connectivity index (χ0) is 16.1. The van der Waals surface area contributed by atoms with Crippen molar-refractivity contribution in [2.75, 3.05) is 5.32 Å². The van der Waals surface area contributed by atoms with Gasteiger partial charge in [0.15, 0.2) is 5.11 Å². The van der Waals surface area contributed by atoms with Gasteiger partial charge < -0.3 is 5.32 Å². The smallest absolute Gasteiger partial charge is 0.257 e. The number of thiocarbonyl (C=S) groups is 1. The van der Waals surface area contributed by atoms with Crippen LogP contribution in [0, 0.1) is 0 Å². The molecule has 0 bridgehead atoms. The molecule has 2 rings (SSSR count). The molecule has 0 aliphatic carbocycles. The van der Waals surface area contributed by atoms with Crippen molar-refractivity contribution in [2.45, 2.75) is 19.8 Å². The molecule has 0 aromatic heterocycles. The first-order valence-electron chi connectivity index (χ1n) is 6.94. The van der Waals surface area contributed by atoms with E-state index in [-0.39, 0.29) is 11.0 Å². The molecule has 2 aromatic carbocycles. The van der Waals surface area contributed by atoms with Crippen LogP contribution < -0.4 is 10.6 Å². The number of benzene rings is 2. The Kier molecular flexibility index (Phi) is 5.69. The predicted octanol–water partition coefficient (Wildman–Crippen LogP) is 4.70. The molecule has 0 saturated heterocycles. The Hall–Kier alpha value is -1.72. The van der Waals surface area contributed by atoms with Crippen LogP contribution in [0.5, 0.6) is 0 Å². The fraction of sp³-hybridized carbons (Fsp3) is 0.176. The molecule has 114 valence electrons. The number of hydrogen-bond donors (Lipinski definition) is 2. The van der Waals surface area contributed by atoms with Crippen LogP contribution in [0.1, 0.15) is 35.7 Å². The standard InChI is InChI=1S/C17H17BrN2OS/c1-11(2)14-8-3-4-9-15(14)19-17(22)20-16(21)12-6-5-7-13(18)10-12/h3-11H,1-2H3,(H2,19,20,21,22). The maximum atomic E-state index is 12.2. The summed E-state index contributed by atoms with van der Waals surface area (Å²) in [4.78, 5) is 12.2. The molecule has 22 heavy (non-hydrogen) atoms. The molecule has 2 aromatic rings. The molecule has 0 aliphatic heterocycles. The summed E-state index contributed by atoms with van der Waals surface area (Å²) < 4.78 is 0.851. The van der Waals surface area contributed by atoms with Crippen LogP contribution in [0.3, 0.4) is 0 Å². The minimum Gasteiger partial charge on any atom is -0.332 e. The van der Waals surface area contributed by atoms with Crippen molar-refractivity contribution in [2.24, 2.45) is 0 Å². The lowest BCUT2D eigenvalue weighted by Gasteiger charge is -2.15. The van der Waals surface area contributed by atoms with Crippen LogP contribution in [0.15, 0.2) is 53.0 Å². The molecule has 2 N–H and O–H groups in total. The molecule has 3 nitrogen and oxygen atoms in total. The summed E-state index contributed by atoms with van der Waals surface area (Å²) in [6.45, 7) is 4.23. The van der Waals surface area contributed by atoms with E-state index in [1.807, 2.05) is 36.4 Å². The van der Waals surface area contributed by atoms with Gasteiger partial charge in [0.05, 0.1) is 0 Å². The van der Waals surface area contributed by atoms with Crippen molar-refractivity contribution in [3.8, 4) is 0 Å². The normalized spacial score (nSPS) is 10.4. The lowest BCUT2D eigenvalue weighted by atomic mass is 10.0. The lowest BCUT2D eigenvalue weighted by molar-refractivity contribution is 0.0977. The van der Waals surface area contributed by atoms with E-state index in [0.29, 0.717) is 11.5 Å². The van der Waals surface area contributed by atoms with Crippen molar-refractivity contribution < 1.29 is 4.79 Å². The molecule has 0 heterocycles. The van der Waals surface area contributed by atoms with Gasteiger partial charge in [-0.15, -0.1) is 0 Å². The molecule has 0 spiro atoms. The number of rotatable bonds is 3. The summed E-state index contributed by atoms with van der Waals surface area (Å²) in [5.41, 5.74) is 2.62. The molecule has 0 atom stereocenters. The summed E-state index contributed by atoms with van der Waals surface area (Å²) in [6.07, 6.45) is 0. The number of nitrogens with one attached hydrogen (secondary N) is 2. The highest BCUT2D eigenvalue weighted by Gasteiger charge is 2.10. The van der Waals surface area contributed by atoms with Crippen LogP contribution in [0.4, 0.5) is 5.69 Å². The van der Waals surface area contributed by atoms with Gasteiger partial charge in [-0.1, -0.05) is 54.0 Å². The Morgan fingerprint density at radius 1 is 1.14 bits per heavy atom. The quantitative estimate of drug-likeness (QED) is 0.762. The van der Waals surface area contributed by atoms with Gasteiger partial charge in [0.2, 0.25) is 0 Å².